The standard InChI is InChI=1S/C20H23N3O4/c1-14-20(25)22(11-15-7-5-4-6-8-15)13-18(24)23(14)12-16-19(27-3)17(26-2)9-10-21-16/h4-10,14H,11-13H2,1-3H3/t14-/m0/s1. The maximum absolute atomic E-state index is 12.8. The molecule has 1 saturated heterocycles. The van der Waals surface area contributed by atoms with Crippen molar-refractivity contribution in [3.05, 3.63) is 53.9 Å². The lowest BCUT2D eigenvalue weighted by atomic mass is 10.1. The molecule has 1 fully saturated rings. The molecule has 0 N–H and O–H groups in total. The van der Waals surface area contributed by atoms with E-state index in [1.165, 1.54) is 12.0 Å². The minimum Gasteiger partial charge on any atom is -0.493 e. The first kappa shape index (κ1) is 18.7. The zero-order valence-corrected chi connectivity index (χ0v) is 15.7. The number of hydrogen-bond acceptors (Lipinski definition) is 5. The van der Waals surface area contributed by atoms with Crippen LogP contribution in [0.25, 0.3) is 0 Å². The number of benzene rings is 1. The highest BCUT2D eigenvalue weighted by Gasteiger charge is 2.37. The molecule has 27 heavy (non-hydrogen) atoms. The minimum atomic E-state index is -0.576. The van der Waals surface area contributed by atoms with E-state index < -0.39 is 6.04 Å². The molecule has 7 heteroatoms. The third-order valence-electron chi connectivity index (χ3n) is 4.69. The molecule has 0 aliphatic carbocycles. The topological polar surface area (TPSA) is 72.0 Å². The van der Waals surface area contributed by atoms with Gasteiger partial charge >= 0.3 is 0 Å². The zero-order chi connectivity index (χ0) is 19.4. The van der Waals surface area contributed by atoms with E-state index in [4.69, 9.17) is 9.47 Å². The Morgan fingerprint density at radius 2 is 1.81 bits per heavy atom. The number of piperazine rings is 1. The first-order valence-electron chi connectivity index (χ1n) is 8.73. The highest BCUT2D eigenvalue weighted by Crippen LogP contribution is 2.30. The molecule has 0 unspecified atom stereocenters. The fourth-order valence-electron chi connectivity index (χ4n) is 3.23. The number of ether oxygens (including phenoxy) is 2. The molecule has 2 aromatic rings. The van der Waals surface area contributed by atoms with Gasteiger partial charge in [-0.15, -0.1) is 0 Å². The average Bonchev–Trinajstić information content (AvgIpc) is 2.69. The molecule has 3 rings (SSSR count). The molecule has 142 valence electrons. The summed E-state index contributed by atoms with van der Waals surface area (Å²) in [6.07, 6.45) is 1.60. The lowest BCUT2D eigenvalue weighted by Gasteiger charge is -2.38. The third kappa shape index (κ3) is 3.86. The maximum atomic E-state index is 12.8. The number of nitrogens with zero attached hydrogens (tertiary/aromatic N) is 3. The Labute approximate surface area is 158 Å². The highest BCUT2D eigenvalue weighted by atomic mass is 16.5. The molecule has 2 amide bonds. The van der Waals surface area contributed by atoms with Gasteiger partial charge in [-0.2, -0.15) is 0 Å². The summed E-state index contributed by atoms with van der Waals surface area (Å²) in [5, 5.41) is 0. The van der Waals surface area contributed by atoms with Crippen LogP contribution in [0.2, 0.25) is 0 Å². The summed E-state index contributed by atoms with van der Waals surface area (Å²) in [5.74, 6) is 0.806. The van der Waals surface area contributed by atoms with Gasteiger partial charge in [0.05, 0.1) is 20.8 Å². The van der Waals surface area contributed by atoms with Crippen LogP contribution in [0, 0.1) is 0 Å². The van der Waals surface area contributed by atoms with E-state index in [0.717, 1.165) is 5.56 Å². The second kappa shape index (κ2) is 8.07. The Hall–Kier alpha value is -3.09. The summed E-state index contributed by atoms with van der Waals surface area (Å²) in [5.41, 5.74) is 1.55. The van der Waals surface area contributed by atoms with Crippen LogP contribution in [0.1, 0.15) is 18.2 Å². The van der Waals surface area contributed by atoms with Gasteiger partial charge in [-0.3, -0.25) is 14.6 Å². The van der Waals surface area contributed by atoms with Crippen molar-refractivity contribution in [2.45, 2.75) is 26.1 Å². The van der Waals surface area contributed by atoms with Gasteiger partial charge in [0.2, 0.25) is 11.8 Å². The number of hydrogen-bond donors (Lipinski definition) is 0. The van der Waals surface area contributed by atoms with Crippen molar-refractivity contribution < 1.29 is 19.1 Å². The molecule has 1 aliphatic heterocycles. The van der Waals surface area contributed by atoms with Gasteiger partial charge in [-0.05, 0) is 12.5 Å². The van der Waals surface area contributed by atoms with Crippen LogP contribution in [0.3, 0.4) is 0 Å². The fraction of sp³-hybridized carbons (Fsp3) is 0.350. The van der Waals surface area contributed by atoms with E-state index in [2.05, 4.69) is 4.98 Å². The monoisotopic (exact) mass is 369 g/mol. The predicted octanol–water partition coefficient (Wildman–Crippen LogP) is 1.86. The molecule has 1 atom stereocenters. The highest BCUT2D eigenvalue weighted by molar-refractivity contribution is 5.94. The smallest absolute Gasteiger partial charge is 0.245 e. The molecule has 0 bridgehead atoms. The summed E-state index contributed by atoms with van der Waals surface area (Å²) in [7, 11) is 3.07. The SMILES string of the molecule is COc1ccnc(CN2C(=O)CN(Cc3ccccc3)C(=O)[C@@H]2C)c1OC. The lowest BCUT2D eigenvalue weighted by molar-refractivity contribution is -0.156. The number of aromatic nitrogens is 1. The summed E-state index contributed by atoms with van der Waals surface area (Å²) in [4.78, 5) is 33.0. The molecular formula is C20H23N3O4. The summed E-state index contributed by atoms with van der Waals surface area (Å²) in [6, 6.07) is 10.8. The van der Waals surface area contributed by atoms with Gasteiger partial charge in [-0.1, -0.05) is 30.3 Å². The molecule has 2 heterocycles. The van der Waals surface area contributed by atoms with E-state index in [1.807, 2.05) is 30.3 Å². The largest absolute Gasteiger partial charge is 0.493 e. The zero-order valence-electron chi connectivity index (χ0n) is 15.7. The second-order valence-electron chi connectivity index (χ2n) is 6.37. The molecule has 1 aromatic carbocycles. The van der Waals surface area contributed by atoms with Crippen molar-refractivity contribution >= 4 is 11.8 Å². The van der Waals surface area contributed by atoms with Crippen LogP contribution in [0.5, 0.6) is 11.5 Å². The number of carbonyl (C=O) groups is 2. The first-order chi connectivity index (χ1) is 13.0. The van der Waals surface area contributed by atoms with Gasteiger partial charge in [0.1, 0.15) is 18.3 Å². The predicted molar refractivity (Wildman–Crippen MR) is 99.2 cm³/mol. The summed E-state index contributed by atoms with van der Waals surface area (Å²) < 4.78 is 10.7. The summed E-state index contributed by atoms with van der Waals surface area (Å²) in [6.45, 7) is 2.39. The number of amides is 2. The lowest BCUT2D eigenvalue weighted by Crippen LogP contribution is -2.58. The molecule has 0 saturated carbocycles. The van der Waals surface area contributed by atoms with E-state index in [9.17, 15) is 9.59 Å². The van der Waals surface area contributed by atoms with Gasteiger partial charge in [0.15, 0.2) is 11.5 Å². The average molecular weight is 369 g/mol. The van der Waals surface area contributed by atoms with Crippen LogP contribution in [0.15, 0.2) is 42.6 Å². The van der Waals surface area contributed by atoms with E-state index in [-0.39, 0.29) is 24.9 Å². The Balaban J connectivity index is 1.77. The van der Waals surface area contributed by atoms with Crippen molar-refractivity contribution in [3.8, 4) is 11.5 Å². The van der Waals surface area contributed by atoms with Crippen LogP contribution in [-0.2, 0) is 22.7 Å². The van der Waals surface area contributed by atoms with Crippen molar-refractivity contribution in [2.75, 3.05) is 20.8 Å². The van der Waals surface area contributed by atoms with Crippen LogP contribution in [0.4, 0.5) is 0 Å². The summed E-state index contributed by atoms with van der Waals surface area (Å²) >= 11 is 0. The molecule has 1 aliphatic rings. The van der Waals surface area contributed by atoms with Crippen LogP contribution in [-0.4, -0.2) is 53.4 Å². The number of carbonyl (C=O) groups excluding carboxylic acids is 2. The van der Waals surface area contributed by atoms with Crippen molar-refractivity contribution in [1.82, 2.24) is 14.8 Å². The molecule has 0 radical (unpaired) electrons. The van der Waals surface area contributed by atoms with E-state index in [1.54, 1.807) is 31.2 Å². The maximum Gasteiger partial charge on any atom is 0.245 e. The first-order valence-corrected chi connectivity index (χ1v) is 8.73. The number of methoxy groups -OCH3 is 2. The quantitative estimate of drug-likeness (QED) is 0.777. The van der Waals surface area contributed by atoms with Gasteiger partial charge in [0, 0.05) is 18.8 Å². The third-order valence-corrected chi connectivity index (χ3v) is 4.69. The normalized spacial score (nSPS) is 17.2. The molecular weight excluding hydrogens is 346 g/mol. The van der Waals surface area contributed by atoms with Gasteiger partial charge < -0.3 is 19.3 Å². The van der Waals surface area contributed by atoms with Crippen molar-refractivity contribution in [2.24, 2.45) is 0 Å². The van der Waals surface area contributed by atoms with Crippen molar-refractivity contribution in [3.63, 3.8) is 0 Å². The minimum absolute atomic E-state index is 0.0460. The number of rotatable bonds is 6. The van der Waals surface area contributed by atoms with Crippen molar-refractivity contribution in [1.29, 1.82) is 0 Å². The van der Waals surface area contributed by atoms with E-state index in [0.29, 0.717) is 23.7 Å². The Bertz CT molecular complexity index is 825. The second-order valence-corrected chi connectivity index (χ2v) is 6.37. The Kier molecular flexibility index (Phi) is 5.59. The van der Waals surface area contributed by atoms with Gasteiger partial charge in [-0.25, -0.2) is 0 Å². The molecule has 7 nitrogen and oxygen atoms in total. The van der Waals surface area contributed by atoms with Crippen LogP contribution >= 0.6 is 0 Å². The van der Waals surface area contributed by atoms with Gasteiger partial charge in [0.25, 0.3) is 0 Å². The van der Waals surface area contributed by atoms with E-state index >= 15 is 0 Å². The fourth-order valence-corrected chi connectivity index (χ4v) is 3.23. The molecule has 0 spiro atoms. The number of pyridine rings is 1. The van der Waals surface area contributed by atoms with Crippen LogP contribution < -0.4 is 9.47 Å². The molecule has 1 aromatic heterocycles. The Morgan fingerprint density at radius 3 is 2.48 bits per heavy atom. The Morgan fingerprint density at radius 1 is 1.07 bits per heavy atom.